The molecule has 196 valence electrons. The molecule has 1 saturated heterocycles. The number of rotatable bonds is 5. The van der Waals surface area contributed by atoms with Crippen molar-refractivity contribution >= 4 is 11.8 Å². The SMILES string of the molecule is CC.C[C@@H]1CCN(CCCOc2ccccc2)C1.Oc1ccc2c(c1)SCCO2.Oc1ccccc1. The molecule has 0 bridgehead atoms. The van der Waals surface area contributed by atoms with Crippen molar-refractivity contribution < 1.29 is 19.7 Å². The maximum Gasteiger partial charge on any atom is 0.133 e. The van der Waals surface area contributed by atoms with Gasteiger partial charge in [0.05, 0.1) is 18.1 Å². The van der Waals surface area contributed by atoms with Crippen molar-refractivity contribution in [1.29, 1.82) is 0 Å². The zero-order chi connectivity index (χ0) is 26.0. The van der Waals surface area contributed by atoms with Crippen LogP contribution in [0.25, 0.3) is 0 Å². The third-order valence-electron chi connectivity index (χ3n) is 5.42. The van der Waals surface area contributed by atoms with E-state index in [2.05, 4.69) is 11.8 Å². The number of aromatic hydroxyl groups is 2. The number of phenols is 2. The molecule has 0 unspecified atom stereocenters. The molecule has 0 saturated carbocycles. The van der Waals surface area contributed by atoms with E-state index in [1.807, 2.05) is 50.2 Å². The first-order valence-corrected chi connectivity index (χ1v) is 13.8. The fraction of sp³-hybridized carbons (Fsp3) is 0.400. The van der Waals surface area contributed by atoms with Crippen LogP contribution in [-0.2, 0) is 0 Å². The fourth-order valence-electron chi connectivity index (χ4n) is 3.68. The first-order valence-electron chi connectivity index (χ1n) is 12.8. The molecule has 5 rings (SSSR count). The second kappa shape index (κ2) is 17.6. The van der Waals surface area contributed by atoms with Crippen LogP contribution in [0, 0.1) is 5.92 Å². The van der Waals surface area contributed by atoms with Crippen LogP contribution in [0.4, 0.5) is 0 Å². The average Bonchev–Trinajstić information content (AvgIpc) is 3.34. The molecular weight excluding hydrogens is 470 g/mol. The summed E-state index contributed by atoms with van der Waals surface area (Å²) in [6.45, 7) is 11.6. The summed E-state index contributed by atoms with van der Waals surface area (Å²) < 4.78 is 11.0. The van der Waals surface area contributed by atoms with Gasteiger partial charge in [-0.3, -0.25) is 0 Å². The van der Waals surface area contributed by atoms with Gasteiger partial charge in [0.25, 0.3) is 0 Å². The van der Waals surface area contributed by atoms with Gasteiger partial charge in [-0.05, 0) is 67.8 Å². The van der Waals surface area contributed by atoms with Gasteiger partial charge in [-0.25, -0.2) is 0 Å². The van der Waals surface area contributed by atoms with Crippen molar-refractivity contribution in [2.45, 2.75) is 38.5 Å². The quantitative estimate of drug-likeness (QED) is 0.357. The Bertz CT molecular complexity index is 956. The predicted molar refractivity (Wildman–Crippen MR) is 151 cm³/mol. The zero-order valence-electron chi connectivity index (χ0n) is 21.8. The number of thioether (sulfide) groups is 1. The van der Waals surface area contributed by atoms with Crippen LogP contribution in [0.1, 0.15) is 33.6 Å². The lowest BCUT2D eigenvalue weighted by molar-refractivity contribution is 0.259. The maximum atomic E-state index is 9.12. The van der Waals surface area contributed by atoms with Crippen molar-refractivity contribution in [1.82, 2.24) is 4.90 Å². The summed E-state index contributed by atoms with van der Waals surface area (Å²) in [5, 5.41) is 17.8. The van der Waals surface area contributed by atoms with E-state index >= 15 is 0 Å². The predicted octanol–water partition coefficient (Wildman–Crippen LogP) is 7.09. The smallest absolute Gasteiger partial charge is 0.133 e. The highest BCUT2D eigenvalue weighted by molar-refractivity contribution is 7.99. The van der Waals surface area contributed by atoms with E-state index in [-0.39, 0.29) is 0 Å². The van der Waals surface area contributed by atoms with Crippen molar-refractivity contribution in [2.24, 2.45) is 5.92 Å². The molecule has 3 aromatic carbocycles. The topological polar surface area (TPSA) is 62.2 Å². The van der Waals surface area contributed by atoms with Gasteiger partial charge in [-0.15, -0.1) is 11.8 Å². The monoisotopic (exact) mass is 511 g/mol. The normalized spacial score (nSPS) is 15.9. The van der Waals surface area contributed by atoms with Crippen molar-refractivity contribution in [3.05, 3.63) is 78.9 Å². The van der Waals surface area contributed by atoms with Gasteiger partial charge in [-0.2, -0.15) is 0 Å². The molecule has 1 fully saturated rings. The van der Waals surface area contributed by atoms with E-state index in [0.29, 0.717) is 11.5 Å². The number of phenolic OH excluding ortho intramolecular Hbond substituents is 2. The molecule has 0 aliphatic carbocycles. The number of nitrogens with zero attached hydrogens (tertiary/aromatic N) is 1. The van der Waals surface area contributed by atoms with Gasteiger partial charge >= 0.3 is 0 Å². The number of hydrogen-bond acceptors (Lipinski definition) is 6. The Balaban J connectivity index is 0.000000197. The molecule has 3 aromatic rings. The van der Waals surface area contributed by atoms with Crippen LogP contribution in [-0.4, -0.2) is 53.7 Å². The van der Waals surface area contributed by atoms with Gasteiger partial charge in [-0.1, -0.05) is 57.2 Å². The van der Waals surface area contributed by atoms with Gasteiger partial charge in [0.15, 0.2) is 0 Å². The lowest BCUT2D eigenvalue weighted by atomic mass is 10.2. The number of hydrogen-bond donors (Lipinski definition) is 2. The lowest BCUT2D eigenvalue weighted by Gasteiger charge is -2.15. The van der Waals surface area contributed by atoms with Crippen LogP contribution < -0.4 is 9.47 Å². The minimum Gasteiger partial charge on any atom is -0.508 e. The Labute approximate surface area is 221 Å². The molecule has 0 spiro atoms. The molecule has 36 heavy (non-hydrogen) atoms. The Morgan fingerprint density at radius 3 is 2.25 bits per heavy atom. The summed E-state index contributed by atoms with van der Waals surface area (Å²) >= 11 is 1.72. The summed E-state index contributed by atoms with van der Waals surface area (Å²) in [7, 11) is 0. The molecule has 2 aliphatic heterocycles. The van der Waals surface area contributed by atoms with Crippen molar-refractivity contribution in [3.63, 3.8) is 0 Å². The number of ether oxygens (including phenoxy) is 2. The van der Waals surface area contributed by atoms with Gasteiger partial charge in [0.1, 0.15) is 23.0 Å². The minimum absolute atomic E-state index is 0.307. The molecule has 1 atom stereocenters. The summed E-state index contributed by atoms with van der Waals surface area (Å²) in [5.74, 6) is 4.35. The van der Waals surface area contributed by atoms with E-state index in [9.17, 15) is 0 Å². The summed E-state index contributed by atoms with van der Waals surface area (Å²) in [4.78, 5) is 3.58. The molecule has 2 aliphatic rings. The van der Waals surface area contributed by atoms with Crippen LogP contribution in [0.5, 0.6) is 23.0 Å². The highest BCUT2D eigenvalue weighted by atomic mass is 32.2. The Hall–Kier alpha value is -2.83. The molecule has 5 nitrogen and oxygen atoms in total. The molecule has 6 heteroatoms. The van der Waals surface area contributed by atoms with Crippen LogP contribution in [0.3, 0.4) is 0 Å². The number of para-hydroxylation sites is 2. The minimum atomic E-state index is 0.307. The maximum absolute atomic E-state index is 9.12. The highest BCUT2D eigenvalue weighted by Gasteiger charge is 2.17. The number of benzene rings is 3. The summed E-state index contributed by atoms with van der Waals surface area (Å²) in [6.07, 6.45) is 2.49. The number of likely N-dealkylation sites (tertiary alicyclic amines) is 1. The van der Waals surface area contributed by atoms with Crippen LogP contribution in [0.15, 0.2) is 83.8 Å². The molecule has 2 N–H and O–H groups in total. The van der Waals surface area contributed by atoms with Crippen molar-refractivity contribution in [3.8, 4) is 23.0 Å². The van der Waals surface area contributed by atoms with E-state index in [1.54, 1.807) is 54.2 Å². The summed E-state index contributed by atoms with van der Waals surface area (Å²) in [5.41, 5.74) is 0. The van der Waals surface area contributed by atoms with Gasteiger partial charge in [0.2, 0.25) is 0 Å². The first kappa shape index (κ1) is 29.4. The third-order valence-corrected chi connectivity index (χ3v) is 6.42. The second-order valence-electron chi connectivity index (χ2n) is 8.37. The molecule has 0 radical (unpaired) electrons. The zero-order valence-corrected chi connectivity index (χ0v) is 22.6. The van der Waals surface area contributed by atoms with E-state index in [0.717, 1.165) is 47.7 Å². The van der Waals surface area contributed by atoms with E-state index in [4.69, 9.17) is 19.7 Å². The Morgan fingerprint density at radius 2 is 1.64 bits per heavy atom. The third kappa shape index (κ3) is 11.7. The van der Waals surface area contributed by atoms with Crippen molar-refractivity contribution in [2.75, 3.05) is 38.6 Å². The Morgan fingerprint density at radius 1 is 0.944 bits per heavy atom. The van der Waals surface area contributed by atoms with E-state index in [1.165, 1.54) is 26.1 Å². The highest BCUT2D eigenvalue weighted by Crippen LogP contribution is 2.35. The lowest BCUT2D eigenvalue weighted by Crippen LogP contribution is -2.22. The molecule has 0 amide bonds. The Kier molecular flexibility index (Phi) is 14.4. The molecule has 2 heterocycles. The van der Waals surface area contributed by atoms with Gasteiger partial charge < -0.3 is 24.6 Å². The van der Waals surface area contributed by atoms with Crippen LogP contribution in [0.2, 0.25) is 0 Å². The van der Waals surface area contributed by atoms with E-state index < -0.39 is 0 Å². The first-order chi connectivity index (χ1) is 17.6. The molecular formula is C30H41NO4S. The summed E-state index contributed by atoms with van der Waals surface area (Å²) in [6, 6.07) is 24.0. The van der Waals surface area contributed by atoms with Gasteiger partial charge in [0, 0.05) is 18.8 Å². The average molecular weight is 512 g/mol. The number of fused-ring (bicyclic) bond motifs is 1. The largest absolute Gasteiger partial charge is 0.508 e. The molecule has 0 aromatic heterocycles. The van der Waals surface area contributed by atoms with Crippen LogP contribution >= 0.6 is 11.8 Å². The fourth-order valence-corrected chi connectivity index (χ4v) is 4.54. The standard InChI is InChI=1S/C14H21NO.C8H8O2S.C6H6O.C2H6/c1-13-8-10-15(12-13)9-5-11-16-14-6-3-2-4-7-14;9-6-1-2-7-8(5-6)11-4-3-10-7;7-6-4-2-1-3-5-6;1-2/h2-4,6-7,13H,5,8-12H2,1H3;1-2,5,9H,3-4H2;1-5,7H;1-2H3/t13-;;;/m1.../s1. The second-order valence-corrected chi connectivity index (χ2v) is 9.51.